The molecule has 0 unspecified atom stereocenters. The summed E-state index contributed by atoms with van der Waals surface area (Å²) in [5, 5.41) is 3.13. The maximum absolute atomic E-state index is 14.2. The number of nitrogens with one attached hydrogen (secondary N) is 1. The second-order valence-corrected chi connectivity index (χ2v) is 8.60. The number of ether oxygens (including phenoxy) is 1. The fourth-order valence-electron chi connectivity index (χ4n) is 4.49. The van der Waals surface area contributed by atoms with Crippen molar-refractivity contribution < 1.29 is 22.3 Å². The SMILES string of the molecule is COc1cc2ncc(-c3cccc(N[C@H]4CN(C)C[C@@H]4F)n3)n2cc1C1(C(F)(F)F)CC1. The van der Waals surface area contributed by atoms with Crippen LogP contribution in [0.4, 0.5) is 23.4 Å². The number of aromatic nitrogens is 3. The molecular weight excluding hydrogens is 426 g/mol. The van der Waals surface area contributed by atoms with Crippen LogP contribution in [0.25, 0.3) is 17.0 Å². The monoisotopic (exact) mass is 449 g/mol. The Morgan fingerprint density at radius 1 is 1.22 bits per heavy atom. The average molecular weight is 449 g/mol. The standard InChI is InChI=1S/C22H23F4N5O/c1-30-11-14(23)16(12-30)29-19-5-3-4-15(28-19)17-9-27-20-8-18(32-2)13(10-31(17)20)21(6-7-21)22(24,25)26/h3-5,8-10,14,16H,6-7,11-12H2,1-2H3,(H,28,29)/t14-,16-/m0/s1. The maximum Gasteiger partial charge on any atom is 0.398 e. The van der Waals surface area contributed by atoms with Crippen molar-refractivity contribution in [1.29, 1.82) is 0 Å². The van der Waals surface area contributed by atoms with E-state index in [-0.39, 0.29) is 30.2 Å². The molecular formula is C22H23F4N5O. The lowest BCUT2D eigenvalue weighted by molar-refractivity contribution is -0.161. The molecule has 1 saturated carbocycles. The Morgan fingerprint density at radius 2 is 2.00 bits per heavy atom. The Kier molecular flexibility index (Phi) is 4.81. The van der Waals surface area contributed by atoms with Crippen molar-refractivity contribution in [2.45, 2.75) is 36.6 Å². The van der Waals surface area contributed by atoms with Gasteiger partial charge in [-0.25, -0.2) is 14.4 Å². The Bertz CT molecular complexity index is 1160. The average Bonchev–Trinajstić information content (AvgIpc) is 3.38. The summed E-state index contributed by atoms with van der Waals surface area (Å²) in [6.45, 7) is 0.918. The molecule has 5 rings (SSSR count). The van der Waals surface area contributed by atoms with E-state index in [4.69, 9.17) is 4.74 Å². The topological polar surface area (TPSA) is 54.7 Å². The van der Waals surface area contributed by atoms with Crippen molar-refractivity contribution in [1.82, 2.24) is 19.3 Å². The van der Waals surface area contributed by atoms with Crippen molar-refractivity contribution in [3.05, 3.63) is 42.2 Å². The first-order chi connectivity index (χ1) is 15.2. The number of methoxy groups -OCH3 is 1. The van der Waals surface area contributed by atoms with E-state index < -0.39 is 17.8 Å². The first-order valence-corrected chi connectivity index (χ1v) is 10.4. The summed E-state index contributed by atoms with van der Waals surface area (Å²) < 4.78 is 62.5. The molecule has 1 saturated heterocycles. The smallest absolute Gasteiger partial charge is 0.398 e. The zero-order valence-corrected chi connectivity index (χ0v) is 17.7. The fourth-order valence-corrected chi connectivity index (χ4v) is 4.49. The third-order valence-corrected chi connectivity index (χ3v) is 6.41. The van der Waals surface area contributed by atoms with Gasteiger partial charge in [-0.2, -0.15) is 13.2 Å². The number of pyridine rings is 2. The van der Waals surface area contributed by atoms with Gasteiger partial charge in [-0.15, -0.1) is 0 Å². The fraction of sp³-hybridized carbons (Fsp3) is 0.455. The quantitative estimate of drug-likeness (QED) is 0.596. The number of rotatable bonds is 5. The molecule has 0 amide bonds. The maximum atomic E-state index is 14.2. The predicted octanol–water partition coefficient (Wildman–Crippen LogP) is 4.06. The summed E-state index contributed by atoms with van der Waals surface area (Å²) in [5.74, 6) is 0.676. The van der Waals surface area contributed by atoms with Crippen LogP contribution in [0.5, 0.6) is 5.75 Å². The van der Waals surface area contributed by atoms with Crippen LogP contribution >= 0.6 is 0 Å². The van der Waals surface area contributed by atoms with Gasteiger partial charge in [-0.1, -0.05) is 6.07 Å². The summed E-state index contributed by atoms with van der Waals surface area (Å²) in [6, 6.07) is 6.42. The minimum absolute atomic E-state index is 0.0281. The number of fused-ring (bicyclic) bond motifs is 1. The highest BCUT2D eigenvalue weighted by Crippen LogP contribution is 2.60. The van der Waals surface area contributed by atoms with Crippen LogP contribution in [0, 0.1) is 0 Å². The second kappa shape index (κ2) is 7.33. The van der Waals surface area contributed by atoms with Gasteiger partial charge < -0.3 is 15.0 Å². The molecule has 1 N–H and O–H groups in total. The van der Waals surface area contributed by atoms with Crippen molar-refractivity contribution in [2.24, 2.45) is 0 Å². The highest BCUT2D eigenvalue weighted by molar-refractivity contribution is 5.64. The van der Waals surface area contributed by atoms with E-state index in [1.807, 2.05) is 11.9 Å². The van der Waals surface area contributed by atoms with E-state index in [0.717, 1.165) is 0 Å². The molecule has 3 aromatic heterocycles. The second-order valence-electron chi connectivity index (χ2n) is 8.60. The lowest BCUT2D eigenvalue weighted by atomic mass is 9.96. The van der Waals surface area contributed by atoms with Gasteiger partial charge in [-0.3, -0.25) is 4.40 Å². The van der Waals surface area contributed by atoms with Crippen molar-refractivity contribution in [2.75, 3.05) is 32.6 Å². The molecule has 2 fully saturated rings. The van der Waals surface area contributed by atoms with Gasteiger partial charge in [0.25, 0.3) is 0 Å². The number of hydrogen-bond acceptors (Lipinski definition) is 5. The summed E-state index contributed by atoms with van der Waals surface area (Å²) in [6.07, 6.45) is -2.29. The number of alkyl halides is 4. The molecule has 0 bridgehead atoms. The van der Waals surface area contributed by atoms with E-state index in [2.05, 4.69) is 15.3 Å². The zero-order chi connectivity index (χ0) is 22.7. The van der Waals surface area contributed by atoms with Crippen LogP contribution in [0.15, 0.2) is 36.7 Å². The number of imidazole rings is 1. The number of nitrogens with zero attached hydrogens (tertiary/aromatic N) is 4. The third-order valence-electron chi connectivity index (χ3n) is 6.41. The van der Waals surface area contributed by atoms with Crippen LogP contribution in [-0.4, -0.2) is 64.9 Å². The molecule has 3 aromatic rings. The first kappa shape index (κ1) is 21.0. The normalized spacial score (nSPS) is 22.9. The van der Waals surface area contributed by atoms with Crippen LogP contribution in [0.2, 0.25) is 0 Å². The Balaban J connectivity index is 1.54. The van der Waals surface area contributed by atoms with Crippen LogP contribution in [0.1, 0.15) is 18.4 Å². The summed E-state index contributed by atoms with van der Waals surface area (Å²) in [7, 11) is 3.22. The molecule has 1 aliphatic heterocycles. The van der Waals surface area contributed by atoms with Crippen molar-refractivity contribution >= 4 is 11.5 Å². The van der Waals surface area contributed by atoms with Gasteiger partial charge in [0.05, 0.1) is 36.2 Å². The highest BCUT2D eigenvalue weighted by Gasteiger charge is 2.65. The van der Waals surface area contributed by atoms with Crippen LogP contribution in [-0.2, 0) is 5.41 Å². The Labute approximate surface area is 182 Å². The van der Waals surface area contributed by atoms with Gasteiger partial charge in [0.1, 0.15) is 23.4 Å². The van der Waals surface area contributed by atoms with Gasteiger partial charge >= 0.3 is 6.18 Å². The van der Waals surface area contributed by atoms with E-state index in [9.17, 15) is 17.6 Å². The third kappa shape index (κ3) is 3.37. The lowest BCUT2D eigenvalue weighted by Gasteiger charge is -2.22. The van der Waals surface area contributed by atoms with Gasteiger partial charge in [0.2, 0.25) is 0 Å². The van der Waals surface area contributed by atoms with Crippen LogP contribution < -0.4 is 10.1 Å². The largest absolute Gasteiger partial charge is 0.496 e. The molecule has 1 aliphatic carbocycles. The summed E-state index contributed by atoms with van der Waals surface area (Å²) in [5.41, 5.74) is -0.263. The number of likely N-dealkylation sites (tertiary alicyclic amines) is 1. The number of likely N-dealkylation sites (N-methyl/N-ethyl adjacent to an activating group) is 1. The van der Waals surface area contributed by atoms with Crippen molar-refractivity contribution in [3.63, 3.8) is 0 Å². The highest BCUT2D eigenvalue weighted by atomic mass is 19.4. The number of anilines is 1. The molecule has 170 valence electrons. The minimum Gasteiger partial charge on any atom is -0.496 e. The first-order valence-electron chi connectivity index (χ1n) is 10.4. The molecule has 0 spiro atoms. The number of halogens is 4. The molecule has 6 nitrogen and oxygen atoms in total. The van der Waals surface area contributed by atoms with Crippen molar-refractivity contribution in [3.8, 4) is 17.1 Å². The van der Waals surface area contributed by atoms with Crippen LogP contribution in [0.3, 0.4) is 0 Å². The Hall–Kier alpha value is -2.88. The molecule has 10 heteroatoms. The number of hydrogen-bond donors (Lipinski definition) is 1. The summed E-state index contributed by atoms with van der Waals surface area (Å²) in [4.78, 5) is 10.8. The van der Waals surface area contributed by atoms with Gasteiger partial charge in [-0.05, 0) is 32.0 Å². The minimum atomic E-state index is -4.37. The molecule has 2 atom stereocenters. The lowest BCUT2D eigenvalue weighted by Crippen LogP contribution is -2.29. The van der Waals surface area contributed by atoms with E-state index in [1.54, 1.807) is 28.8 Å². The molecule has 4 heterocycles. The van der Waals surface area contributed by atoms with E-state index in [0.29, 0.717) is 35.9 Å². The predicted molar refractivity (Wildman–Crippen MR) is 112 cm³/mol. The molecule has 2 aliphatic rings. The zero-order valence-electron chi connectivity index (χ0n) is 17.7. The molecule has 0 radical (unpaired) electrons. The molecule has 32 heavy (non-hydrogen) atoms. The molecule has 0 aromatic carbocycles. The summed E-state index contributed by atoms with van der Waals surface area (Å²) >= 11 is 0. The van der Waals surface area contributed by atoms with Gasteiger partial charge in [0, 0.05) is 30.9 Å². The Morgan fingerprint density at radius 3 is 2.62 bits per heavy atom. The van der Waals surface area contributed by atoms with E-state index >= 15 is 0 Å². The van der Waals surface area contributed by atoms with Gasteiger partial charge in [0.15, 0.2) is 0 Å². The van der Waals surface area contributed by atoms with E-state index in [1.165, 1.54) is 19.4 Å².